The molecule has 1 aromatic carbocycles. The van der Waals surface area contributed by atoms with Gasteiger partial charge in [0.25, 0.3) is 0 Å². The molecule has 0 atom stereocenters. The Kier molecular flexibility index (Phi) is 4.57. The van der Waals surface area contributed by atoms with Crippen LogP contribution in [-0.2, 0) is 4.79 Å². The number of benzene rings is 1. The Morgan fingerprint density at radius 2 is 1.80 bits per heavy atom. The monoisotopic (exact) mass is 318 g/mol. The molecule has 1 rings (SSSR count). The molecule has 0 fully saturated rings. The molecule has 0 spiro atoms. The minimum atomic E-state index is -0.500. The molecule has 0 aliphatic carbocycles. The molecular weight excluding hydrogens is 300 g/mol. The standard InChI is InChI=1S/C13H16OTe/c1-13(2,3)9-12(10-14)15-11-7-5-4-6-8-11/h4-10H,1-3H3/b12-9+. The number of hydrogen-bond acceptors (Lipinski definition) is 1. The van der Waals surface area contributed by atoms with Gasteiger partial charge < -0.3 is 0 Å². The predicted octanol–water partition coefficient (Wildman–Crippen LogP) is 2.15. The van der Waals surface area contributed by atoms with Crippen LogP contribution in [0.2, 0.25) is 0 Å². The normalized spacial score (nSPS) is 12.6. The van der Waals surface area contributed by atoms with Crippen molar-refractivity contribution in [1.29, 1.82) is 0 Å². The van der Waals surface area contributed by atoms with Crippen molar-refractivity contribution >= 4 is 30.8 Å². The first-order valence-corrected chi connectivity index (χ1v) is 7.25. The van der Waals surface area contributed by atoms with E-state index in [9.17, 15) is 4.79 Å². The van der Waals surface area contributed by atoms with Gasteiger partial charge in [-0.3, -0.25) is 0 Å². The van der Waals surface area contributed by atoms with Gasteiger partial charge >= 0.3 is 102 Å². The molecule has 15 heavy (non-hydrogen) atoms. The van der Waals surface area contributed by atoms with E-state index in [0.717, 1.165) is 9.91 Å². The van der Waals surface area contributed by atoms with Gasteiger partial charge in [-0.1, -0.05) is 0 Å². The molecule has 80 valence electrons. The SMILES string of the molecule is CC(C)(C)/C=C(\C=O)[Te]c1ccccc1. The quantitative estimate of drug-likeness (QED) is 0.474. The first-order valence-electron chi connectivity index (χ1n) is 4.92. The van der Waals surface area contributed by atoms with Gasteiger partial charge in [0.15, 0.2) is 0 Å². The Balaban J connectivity index is 2.79. The molecule has 0 N–H and O–H groups in total. The Morgan fingerprint density at radius 3 is 2.27 bits per heavy atom. The summed E-state index contributed by atoms with van der Waals surface area (Å²) in [5.41, 5.74) is 0.0930. The van der Waals surface area contributed by atoms with Gasteiger partial charge in [-0.2, -0.15) is 0 Å². The molecule has 2 heteroatoms. The van der Waals surface area contributed by atoms with Gasteiger partial charge in [-0.15, -0.1) is 0 Å². The fraction of sp³-hybridized carbons (Fsp3) is 0.308. The Morgan fingerprint density at radius 1 is 1.20 bits per heavy atom. The van der Waals surface area contributed by atoms with Crippen LogP contribution in [-0.4, -0.2) is 27.2 Å². The van der Waals surface area contributed by atoms with Crippen molar-refractivity contribution in [2.75, 3.05) is 0 Å². The van der Waals surface area contributed by atoms with Crippen LogP contribution in [0.25, 0.3) is 0 Å². The van der Waals surface area contributed by atoms with Crippen molar-refractivity contribution < 1.29 is 4.79 Å². The van der Waals surface area contributed by atoms with E-state index in [4.69, 9.17) is 0 Å². The van der Waals surface area contributed by atoms with Crippen molar-refractivity contribution in [3.63, 3.8) is 0 Å². The summed E-state index contributed by atoms with van der Waals surface area (Å²) in [6.07, 6.45) is 3.11. The third-order valence-electron chi connectivity index (χ3n) is 1.67. The molecule has 0 radical (unpaired) electrons. The van der Waals surface area contributed by atoms with Crippen molar-refractivity contribution in [2.45, 2.75) is 20.8 Å². The molecular formula is C13H16OTe. The summed E-state index contributed by atoms with van der Waals surface area (Å²) in [7, 11) is 0. The van der Waals surface area contributed by atoms with Gasteiger partial charge in [0.2, 0.25) is 0 Å². The second-order valence-electron chi connectivity index (χ2n) is 4.45. The minimum absolute atomic E-state index is 0.0930. The Labute approximate surface area is 102 Å². The van der Waals surface area contributed by atoms with Crippen LogP contribution < -0.4 is 3.61 Å². The fourth-order valence-corrected chi connectivity index (χ4v) is 4.07. The van der Waals surface area contributed by atoms with Crippen LogP contribution >= 0.6 is 0 Å². The number of rotatable bonds is 3. The molecule has 0 saturated carbocycles. The first-order chi connectivity index (χ1) is 7.01. The molecule has 0 amide bonds. The van der Waals surface area contributed by atoms with Gasteiger partial charge in [0.1, 0.15) is 0 Å². The summed E-state index contributed by atoms with van der Waals surface area (Å²) < 4.78 is 2.30. The number of allylic oxidation sites excluding steroid dienone is 2. The number of carbonyl (C=O) groups excluding carboxylic acids is 1. The zero-order valence-electron chi connectivity index (χ0n) is 9.36. The van der Waals surface area contributed by atoms with Crippen LogP contribution in [0.15, 0.2) is 40.0 Å². The van der Waals surface area contributed by atoms with E-state index in [2.05, 4.69) is 39.0 Å². The summed E-state index contributed by atoms with van der Waals surface area (Å²) in [6, 6.07) is 10.3. The third kappa shape index (κ3) is 5.16. The van der Waals surface area contributed by atoms with E-state index in [1.165, 1.54) is 3.61 Å². The van der Waals surface area contributed by atoms with E-state index in [1.54, 1.807) is 0 Å². The maximum absolute atomic E-state index is 11.0. The van der Waals surface area contributed by atoms with Crippen LogP contribution in [0.4, 0.5) is 0 Å². The molecule has 0 aromatic heterocycles. The molecule has 0 heterocycles. The topological polar surface area (TPSA) is 17.1 Å². The molecule has 0 aliphatic rings. The Hall–Kier alpha value is -0.580. The van der Waals surface area contributed by atoms with Crippen LogP contribution in [0.3, 0.4) is 0 Å². The summed E-state index contributed by atoms with van der Waals surface area (Å²) in [5, 5.41) is 0. The fourth-order valence-electron chi connectivity index (χ4n) is 1.14. The van der Waals surface area contributed by atoms with Gasteiger partial charge in [0, 0.05) is 0 Å². The summed E-state index contributed by atoms with van der Waals surface area (Å²) >= 11 is -0.500. The van der Waals surface area contributed by atoms with E-state index < -0.39 is 20.9 Å². The van der Waals surface area contributed by atoms with Crippen LogP contribution in [0.5, 0.6) is 0 Å². The summed E-state index contributed by atoms with van der Waals surface area (Å²) in [4.78, 5) is 11.0. The Bertz CT molecular complexity index is 347. The van der Waals surface area contributed by atoms with Gasteiger partial charge in [-0.25, -0.2) is 0 Å². The van der Waals surface area contributed by atoms with Gasteiger partial charge in [-0.05, 0) is 0 Å². The molecule has 0 saturated heterocycles. The average molecular weight is 316 g/mol. The maximum atomic E-state index is 11.0. The van der Waals surface area contributed by atoms with E-state index in [1.807, 2.05) is 18.2 Å². The van der Waals surface area contributed by atoms with E-state index >= 15 is 0 Å². The molecule has 0 aliphatic heterocycles. The number of aldehydes is 1. The van der Waals surface area contributed by atoms with Crippen molar-refractivity contribution in [1.82, 2.24) is 0 Å². The summed E-state index contributed by atoms with van der Waals surface area (Å²) in [6.45, 7) is 6.36. The molecule has 1 aromatic rings. The second kappa shape index (κ2) is 5.49. The van der Waals surface area contributed by atoms with E-state index in [0.29, 0.717) is 0 Å². The molecule has 0 unspecified atom stereocenters. The van der Waals surface area contributed by atoms with E-state index in [-0.39, 0.29) is 5.41 Å². The number of carbonyl (C=O) groups is 1. The zero-order valence-corrected chi connectivity index (χ0v) is 11.7. The van der Waals surface area contributed by atoms with Crippen LogP contribution in [0.1, 0.15) is 20.8 Å². The predicted molar refractivity (Wildman–Crippen MR) is 65.4 cm³/mol. The molecule has 0 bridgehead atoms. The molecule has 1 nitrogen and oxygen atoms in total. The van der Waals surface area contributed by atoms with Crippen molar-refractivity contribution in [3.8, 4) is 0 Å². The van der Waals surface area contributed by atoms with Gasteiger partial charge in [0.05, 0.1) is 0 Å². The van der Waals surface area contributed by atoms with Crippen molar-refractivity contribution in [3.05, 3.63) is 40.0 Å². The first kappa shape index (κ1) is 12.5. The summed E-state index contributed by atoms with van der Waals surface area (Å²) in [5.74, 6) is 0. The van der Waals surface area contributed by atoms with Crippen LogP contribution in [0, 0.1) is 5.41 Å². The number of hydrogen-bond donors (Lipinski definition) is 0. The average Bonchev–Trinajstić information content (AvgIpc) is 2.16. The zero-order chi connectivity index (χ0) is 11.3. The second-order valence-corrected chi connectivity index (χ2v) is 7.72. The van der Waals surface area contributed by atoms with Crippen molar-refractivity contribution in [2.24, 2.45) is 5.41 Å². The third-order valence-corrected chi connectivity index (χ3v) is 4.40.